The van der Waals surface area contributed by atoms with Crippen molar-refractivity contribution in [3.63, 3.8) is 0 Å². The van der Waals surface area contributed by atoms with Crippen LogP contribution in [0, 0.1) is 11.3 Å². The van der Waals surface area contributed by atoms with E-state index in [2.05, 4.69) is 10.2 Å². The zero-order chi connectivity index (χ0) is 15.2. The quantitative estimate of drug-likeness (QED) is 0.626. The van der Waals surface area contributed by atoms with E-state index in [0.717, 1.165) is 13.1 Å². The van der Waals surface area contributed by atoms with E-state index in [0.29, 0.717) is 18.8 Å². The Kier molecular flexibility index (Phi) is 4.80. The largest absolute Gasteiger partial charge is 0.384 e. The summed E-state index contributed by atoms with van der Waals surface area (Å²) in [6, 6.07) is 10.9. The van der Waals surface area contributed by atoms with E-state index >= 15 is 0 Å². The molecule has 0 spiro atoms. The van der Waals surface area contributed by atoms with Crippen LogP contribution in [0.25, 0.3) is 0 Å². The summed E-state index contributed by atoms with van der Waals surface area (Å²) in [7, 11) is 2.03. The van der Waals surface area contributed by atoms with Crippen molar-refractivity contribution in [2.45, 2.75) is 0 Å². The van der Waals surface area contributed by atoms with Crippen molar-refractivity contribution in [2.24, 2.45) is 5.73 Å². The SMILES string of the molecule is CN1CCN(/C(N)=C(/C#N)C(=O)Nc2ccccc2)CC1. The lowest BCUT2D eigenvalue weighted by Gasteiger charge is -2.34. The Labute approximate surface area is 124 Å². The van der Waals surface area contributed by atoms with Gasteiger partial charge < -0.3 is 20.9 Å². The van der Waals surface area contributed by atoms with Gasteiger partial charge in [-0.1, -0.05) is 18.2 Å². The molecule has 0 aromatic heterocycles. The van der Waals surface area contributed by atoms with E-state index in [1.165, 1.54) is 0 Å². The number of benzene rings is 1. The van der Waals surface area contributed by atoms with Crippen LogP contribution in [0.1, 0.15) is 0 Å². The number of anilines is 1. The van der Waals surface area contributed by atoms with E-state index in [1.807, 2.05) is 36.2 Å². The maximum absolute atomic E-state index is 12.2. The van der Waals surface area contributed by atoms with Gasteiger partial charge >= 0.3 is 0 Å². The van der Waals surface area contributed by atoms with Crippen LogP contribution in [-0.4, -0.2) is 48.9 Å². The molecule has 1 amide bonds. The minimum atomic E-state index is -0.472. The highest BCUT2D eigenvalue weighted by Gasteiger charge is 2.21. The molecule has 2 rings (SSSR count). The number of para-hydroxylation sites is 1. The number of rotatable bonds is 3. The van der Waals surface area contributed by atoms with Gasteiger partial charge in [-0.3, -0.25) is 4.79 Å². The average molecular weight is 285 g/mol. The third kappa shape index (κ3) is 3.74. The van der Waals surface area contributed by atoms with Crippen LogP contribution >= 0.6 is 0 Å². The molecule has 1 aromatic rings. The van der Waals surface area contributed by atoms with Crippen molar-refractivity contribution in [3.05, 3.63) is 41.7 Å². The summed E-state index contributed by atoms with van der Waals surface area (Å²) in [5, 5.41) is 11.9. The molecule has 0 atom stereocenters. The maximum Gasteiger partial charge on any atom is 0.270 e. The predicted molar refractivity (Wildman–Crippen MR) is 81.0 cm³/mol. The minimum Gasteiger partial charge on any atom is -0.384 e. The summed E-state index contributed by atoms with van der Waals surface area (Å²) in [5.41, 5.74) is 6.61. The maximum atomic E-state index is 12.2. The minimum absolute atomic E-state index is 0.0385. The summed E-state index contributed by atoms with van der Waals surface area (Å²) in [4.78, 5) is 16.2. The standard InChI is InChI=1S/C15H19N5O/c1-19-7-9-20(10-8-19)14(17)13(11-16)15(21)18-12-5-3-2-4-6-12/h2-6H,7-10,17H2,1H3,(H,18,21)/b14-13-. The van der Waals surface area contributed by atoms with Crippen molar-refractivity contribution in [1.29, 1.82) is 5.26 Å². The van der Waals surface area contributed by atoms with Crippen LogP contribution in [0.2, 0.25) is 0 Å². The molecule has 6 heteroatoms. The van der Waals surface area contributed by atoms with Crippen LogP contribution in [-0.2, 0) is 4.79 Å². The fraction of sp³-hybridized carbons (Fsp3) is 0.333. The zero-order valence-corrected chi connectivity index (χ0v) is 12.0. The van der Waals surface area contributed by atoms with Gasteiger partial charge in [0.25, 0.3) is 5.91 Å². The molecule has 0 bridgehead atoms. The number of amides is 1. The molecule has 1 aliphatic heterocycles. The van der Waals surface area contributed by atoms with Gasteiger partial charge in [-0.2, -0.15) is 5.26 Å². The van der Waals surface area contributed by atoms with E-state index in [1.54, 1.807) is 12.1 Å². The lowest BCUT2D eigenvalue weighted by atomic mass is 10.2. The van der Waals surface area contributed by atoms with E-state index in [4.69, 9.17) is 5.73 Å². The Balaban J connectivity index is 2.12. The lowest BCUT2D eigenvalue weighted by Crippen LogP contribution is -2.46. The number of piperazine rings is 1. The van der Waals surface area contributed by atoms with E-state index < -0.39 is 5.91 Å². The van der Waals surface area contributed by atoms with E-state index in [9.17, 15) is 10.1 Å². The van der Waals surface area contributed by atoms with Crippen molar-refractivity contribution in [3.8, 4) is 6.07 Å². The van der Waals surface area contributed by atoms with Gasteiger partial charge in [-0.25, -0.2) is 0 Å². The van der Waals surface area contributed by atoms with Crippen LogP contribution in [0.4, 0.5) is 5.69 Å². The highest BCUT2D eigenvalue weighted by Crippen LogP contribution is 2.12. The molecule has 110 valence electrons. The van der Waals surface area contributed by atoms with Gasteiger partial charge in [0.15, 0.2) is 5.57 Å². The molecule has 1 heterocycles. The number of carbonyl (C=O) groups excluding carboxylic acids is 1. The molecule has 1 aliphatic rings. The topological polar surface area (TPSA) is 85.4 Å². The molecule has 1 saturated heterocycles. The van der Waals surface area contributed by atoms with Crippen LogP contribution < -0.4 is 11.1 Å². The van der Waals surface area contributed by atoms with Crippen molar-refractivity contribution < 1.29 is 4.79 Å². The Hall–Kier alpha value is -2.52. The second-order valence-corrected chi connectivity index (χ2v) is 4.98. The van der Waals surface area contributed by atoms with Gasteiger partial charge in [0, 0.05) is 31.9 Å². The highest BCUT2D eigenvalue weighted by atomic mass is 16.1. The van der Waals surface area contributed by atoms with Crippen molar-refractivity contribution in [2.75, 3.05) is 38.5 Å². The van der Waals surface area contributed by atoms with Crippen molar-refractivity contribution in [1.82, 2.24) is 9.80 Å². The molecule has 21 heavy (non-hydrogen) atoms. The average Bonchev–Trinajstić information content (AvgIpc) is 2.49. The van der Waals surface area contributed by atoms with Gasteiger partial charge in [-0.15, -0.1) is 0 Å². The number of likely N-dealkylation sites (N-methyl/N-ethyl adjacent to an activating group) is 1. The fourth-order valence-corrected chi connectivity index (χ4v) is 2.14. The number of nitriles is 1. The number of nitrogens with one attached hydrogen (secondary N) is 1. The van der Waals surface area contributed by atoms with Crippen LogP contribution in [0.5, 0.6) is 0 Å². The monoisotopic (exact) mass is 285 g/mol. The molecule has 1 aromatic carbocycles. The second kappa shape index (κ2) is 6.77. The first-order valence-electron chi connectivity index (χ1n) is 6.81. The summed E-state index contributed by atoms with van der Waals surface area (Å²) in [6.07, 6.45) is 0. The Bertz CT molecular complexity index is 567. The summed E-state index contributed by atoms with van der Waals surface area (Å²) in [6.45, 7) is 3.15. The van der Waals surface area contributed by atoms with Crippen LogP contribution in [0.15, 0.2) is 41.7 Å². The molecule has 1 fully saturated rings. The molecule has 0 unspecified atom stereocenters. The first-order chi connectivity index (χ1) is 10.1. The second-order valence-electron chi connectivity index (χ2n) is 4.98. The number of nitrogens with two attached hydrogens (primary N) is 1. The Morgan fingerprint density at radius 3 is 2.43 bits per heavy atom. The number of hydrogen-bond donors (Lipinski definition) is 2. The summed E-state index contributed by atoms with van der Waals surface area (Å²) >= 11 is 0. The molecule has 3 N–H and O–H groups in total. The summed E-state index contributed by atoms with van der Waals surface area (Å²) in [5.74, 6) is -0.223. The Morgan fingerprint density at radius 1 is 1.24 bits per heavy atom. The normalized spacial score (nSPS) is 16.9. The van der Waals surface area contributed by atoms with Gasteiger partial charge in [0.2, 0.25) is 0 Å². The summed E-state index contributed by atoms with van der Waals surface area (Å²) < 4.78 is 0. The molecule has 0 aliphatic carbocycles. The zero-order valence-electron chi connectivity index (χ0n) is 12.0. The Morgan fingerprint density at radius 2 is 1.86 bits per heavy atom. The molecule has 0 saturated carbocycles. The third-order valence-corrected chi connectivity index (χ3v) is 3.47. The first-order valence-corrected chi connectivity index (χ1v) is 6.81. The third-order valence-electron chi connectivity index (χ3n) is 3.47. The fourth-order valence-electron chi connectivity index (χ4n) is 2.14. The first kappa shape index (κ1) is 14.9. The van der Waals surface area contributed by atoms with Crippen LogP contribution in [0.3, 0.4) is 0 Å². The number of hydrogen-bond acceptors (Lipinski definition) is 5. The van der Waals surface area contributed by atoms with E-state index in [-0.39, 0.29) is 11.4 Å². The lowest BCUT2D eigenvalue weighted by molar-refractivity contribution is -0.112. The molecule has 0 radical (unpaired) electrons. The predicted octanol–water partition coefficient (Wildman–Crippen LogP) is 0.566. The number of nitrogens with zero attached hydrogens (tertiary/aromatic N) is 3. The molecule has 6 nitrogen and oxygen atoms in total. The van der Waals surface area contributed by atoms with Gasteiger partial charge in [-0.05, 0) is 19.2 Å². The van der Waals surface area contributed by atoms with Crippen molar-refractivity contribution >= 4 is 11.6 Å². The highest BCUT2D eigenvalue weighted by molar-refractivity contribution is 6.06. The van der Waals surface area contributed by atoms with Gasteiger partial charge in [0.05, 0.1) is 0 Å². The smallest absolute Gasteiger partial charge is 0.270 e. The van der Waals surface area contributed by atoms with Gasteiger partial charge in [0.1, 0.15) is 11.9 Å². The number of carbonyl (C=O) groups is 1. The molecular formula is C15H19N5O. The molecular weight excluding hydrogens is 266 g/mol.